The van der Waals surface area contributed by atoms with Gasteiger partial charge in [0.25, 0.3) is 0 Å². The minimum Gasteiger partial charge on any atom is -0.504 e. The van der Waals surface area contributed by atoms with Crippen molar-refractivity contribution in [3.63, 3.8) is 0 Å². The molecule has 0 bridgehead atoms. The second-order valence-electron chi connectivity index (χ2n) is 5.68. The molecule has 2 aliphatic heterocycles. The summed E-state index contributed by atoms with van der Waals surface area (Å²) in [5, 5.41) is 21.5. The average molecular weight is 264 g/mol. The van der Waals surface area contributed by atoms with Gasteiger partial charge in [-0.05, 0) is 25.0 Å². The minimum absolute atomic E-state index is 0.178. The summed E-state index contributed by atoms with van der Waals surface area (Å²) in [7, 11) is 3.69. The molecule has 0 fully saturated rings. The first-order chi connectivity index (χ1) is 8.95. The Labute approximate surface area is 113 Å². The van der Waals surface area contributed by atoms with E-state index in [9.17, 15) is 10.3 Å². The van der Waals surface area contributed by atoms with Gasteiger partial charge in [-0.25, -0.2) is 0 Å². The number of phenolic OH excluding ortho intramolecular Hbond substituents is 1. The number of fused-ring (bicyclic) bond motifs is 3. The lowest BCUT2D eigenvalue weighted by Gasteiger charge is -2.41. The number of hydrogen-bond acceptors (Lipinski definition) is 5. The van der Waals surface area contributed by atoms with E-state index in [-0.39, 0.29) is 5.75 Å². The molecule has 0 radical (unpaired) electrons. The number of hydrogen-bond donors (Lipinski definition) is 2. The fraction of sp³-hybridized carbons (Fsp3) is 0.571. The zero-order valence-electron chi connectivity index (χ0n) is 11.6. The first-order valence-corrected chi connectivity index (χ1v) is 6.61. The summed E-state index contributed by atoms with van der Waals surface area (Å²) in [6.45, 7) is 3.40. The molecule has 5 nitrogen and oxygen atoms in total. The number of ether oxygens (including phenoxy) is 1. The Hall–Kier alpha value is -1.46. The summed E-state index contributed by atoms with van der Waals surface area (Å²) < 4.78 is 5.66. The Balaban J connectivity index is 2.30. The normalized spacial score (nSPS) is 25.2. The lowest BCUT2D eigenvalue weighted by Crippen LogP contribution is -2.43. The summed E-state index contributed by atoms with van der Waals surface area (Å²) in [5.41, 5.74) is 2.58. The van der Waals surface area contributed by atoms with E-state index in [1.54, 1.807) is 13.1 Å². The van der Waals surface area contributed by atoms with Crippen LogP contribution in [0.15, 0.2) is 6.07 Å². The van der Waals surface area contributed by atoms with Crippen molar-refractivity contribution in [1.29, 1.82) is 0 Å². The fourth-order valence-electron chi connectivity index (χ4n) is 3.17. The van der Waals surface area contributed by atoms with Crippen LogP contribution in [0.3, 0.4) is 0 Å². The van der Waals surface area contributed by atoms with E-state index in [1.807, 2.05) is 14.0 Å². The van der Waals surface area contributed by atoms with Crippen molar-refractivity contribution in [2.45, 2.75) is 25.3 Å². The predicted octanol–water partition coefficient (Wildman–Crippen LogP) is 1.70. The Morgan fingerprint density at radius 2 is 2.21 bits per heavy atom. The van der Waals surface area contributed by atoms with E-state index in [4.69, 9.17) is 4.74 Å². The molecule has 2 N–H and O–H groups in total. The third-order valence-electron chi connectivity index (χ3n) is 4.50. The zero-order valence-corrected chi connectivity index (χ0v) is 11.6. The third kappa shape index (κ3) is 1.61. The maximum Gasteiger partial charge on any atom is 0.168 e. The number of rotatable bonds is 1. The minimum atomic E-state index is -0.533. The number of phenols is 1. The van der Waals surface area contributed by atoms with Gasteiger partial charge in [-0.3, -0.25) is 0 Å². The van der Waals surface area contributed by atoms with E-state index in [0.29, 0.717) is 18.8 Å². The number of anilines is 1. The number of hydroxylamine groups is 2. The molecule has 0 spiro atoms. The second-order valence-corrected chi connectivity index (χ2v) is 5.68. The highest BCUT2D eigenvalue weighted by Gasteiger charge is 2.43. The first kappa shape index (κ1) is 12.6. The lowest BCUT2D eigenvalue weighted by molar-refractivity contribution is -0.160. The highest BCUT2D eigenvalue weighted by Crippen LogP contribution is 2.52. The monoisotopic (exact) mass is 264 g/mol. The van der Waals surface area contributed by atoms with Crippen LogP contribution in [0.4, 0.5) is 5.69 Å². The molecule has 1 unspecified atom stereocenters. The summed E-state index contributed by atoms with van der Waals surface area (Å²) in [6.07, 6.45) is 1.61. The molecular weight excluding hydrogens is 244 g/mol. The summed E-state index contributed by atoms with van der Waals surface area (Å²) >= 11 is 0. The van der Waals surface area contributed by atoms with Crippen molar-refractivity contribution in [2.24, 2.45) is 0 Å². The maximum atomic E-state index is 10.2. The van der Waals surface area contributed by atoms with Gasteiger partial charge in [0.1, 0.15) is 0 Å². The molecule has 0 aromatic heterocycles. The quantitative estimate of drug-likeness (QED) is 0.756. The highest BCUT2D eigenvalue weighted by atomic mass is 16.5. The van der Waals surface area contributed by atoms with Gasteiger partial charge in [-0.2, -0.15) is 5.06 Å². The van der Waals surface area contributed by atoms with Gasteiger partial charge in [0.2, 0.25) is 0 Å². The van der Waals surface area contributed by atoms with Crippen LogP contribution in [-0.2, 0) is 12.0 Å². The number of nitrogens with zero attached hydrogens (tertiary/aromatic N) is 2. The molecule has 0 saturated carbocycles. The van der Waals surface area contributed by atoms with E-state index in [0.717, 1.165) is 29.8 Å². The van der Waals surface area contributed by atoms with Gasteiger partial charge >= 0.3 is 0 Å². The lowest BCUT2D eigenvalue weighted by atomic mass is 9.83. The van der Waals surface area contributed by atoms with Crippen LogP contribution in [0.2, 0.25) is 0 Å². The average Bonchev–Trinajstić information content (AvgIpc) is 2.71. The number of aromatic hydroxyl groups is 1. The third-order valence-corrected chi connectivity index (χ3v) is 4.50. The molecule has 0 saturated heterocycles. The Morgan fingerprint density at radius 1 is 1.47 bits per heavy atom. The van der Waals surface area contributed by atoms with Gasteiger partial charge in [0, 0.05) is 38.3 Å². The van der Waals surface area contributed by atoms with Crippen LogP contribution in [-0.4, -0.2) is 42.6 Å². The Bertz CT molecular complexity index is 530. The van der Waals surface area contributed by atoms with Gasteiger partial charge in [-0.15, -0.1) is 0 Å². The molecular formula is C14H20N2O3. The molecule has 3 rings (SSSR count). The van der Waals surface area contributed by atoms with E-state index < -0.39 is 5.54 Å². The molecule has 0 aliphatic carbocycles. The SMILES string of the molecule is CN1CCc2cc(O)c3c(c21)C(C)(N(C)O)CCO3. The first-order valence-electron chi connectivity index (χ1n) is 6.61. The molecule has 0 amide bonds. The van der Waals surface area contributed by atoms with E-state index >= 15 is 0 Å². The zero-order chi connectivity index (χ0) is 13.8. The van der Waals surface area contributed by atoms with Crippen LogP contribution in [0, 0.1) is 0 Å². The van der Waals surface area contributed by atoms with Crippen molar-refractivity contribution >= 4 is 5.69 Å². The Morgan fingerprint density at radius 3 is 2.89 bits per heavy atom. The molecule has 19 heavy (non-hydrogen) atoms. The van der Waals surface area contributed by atoms with Crippen molar-refractivity contribution < 1.29 is 15.1 Å². The van der Waals surface area contributed by atoms with Crippen LogP contribution < -0.4 is 9.64 Å². The van der Waals surface area contributed by atoms with Crippen molar-refractivity contribution in [3.8, 4) is 11.5 Å². The van der Waals surface area contributed by atoms with Crippen LogP contribution in [0.1, 0.15) is 24.5 Å². The van der Waals surface area contributed by atoms with Gasteiger partial charge in [-0.1, -0.05) is 0 Å². The largest absolute Gasteiger partial charge is 0.504 e. The molecule has 1 atom stereocenters. The number of benzene rings is 1. The smallest absolute Gasteiger partial charge is 0.168 e. The highest BCUT2D eigenvalue weighted by molar-refractivity contribution is 5.73. The summed E-state index contributed by atoms with van der Waals surface area (Å²) in [4.78, 5) is 2.17. The number of likely N-dealkylation sites (N-methyl/N-ethyl adjacent to an activating group) is 1. The molecule has 2 heterocycles. The summed E-state index contributed by atoms with van der Waals surface area (Å²) in [5.74, 6) is 0.693. The van der Waals surface area contributed by atoms with Crippen molar-refractivity contribution in [3.05, 3.63) is 17.2 Å². The predicted molar refractivity (Wildman–Crippen MR) is 72.1 cm³/mol. The van der Waals surface area contributed by atoms with Crippen LogP contribution >= 0.6 is 0 Å². The molecule has 1 aromatic rings. The standard InChI is InChI=1S/C14H20N2O3/c1-14(16(3)18)5-7-19-13-10(17)8-9-4-6-15(2)12(9)11(13)14/h8,17-18H,4-7H2,1-3H3. The van der Waals surface area contributed by atoms with Crippen LogP contribution in [0.25, 0.3) is 0 Å². The van der Waals surface area contributed by atoms with Crippen molar-refractivity contribution in [1.82, 2.24) is 5.06 Å². The molecule has 1 aromatic carbocycles. The second kappa shape index (κ2) is 4.02. The topological polar surface area (TPSA) is 56.2 Å². The van der Waals surface area contributed by atoms with Gasteiger partial charge in [0.15, 0.2) is 11.5 Å². The fourth-order valence-corrected chi connectivity index (χ4v) is 3.17. The van der Waals surface area contributed by atoms with Gasteiger partial charge in [0.05, 0.1) is 12.1 Å². The molecule has 104 valence electrons. The van der Waals surface area contributed by atoms with Crippen molar-refractivity contribution in [2.75, 3.05) is 32.1 Å². The van der Waals surface area contributed by atoms with E-state index in [1.165, 1.54) is 5.06 Å². The molecule has 5 heteroatoms. The Kier molecular flexibility index (Phi) is 2.66. The summed E-state index contributed by atoms with van der Waals surface area (Å²) in [6, 6.07) is 1.79. The van der Waals surface area contributed by atoms with E-state index in [2.05, 4.69) is 4.90 Å². The van der Waals surface area contributed by atoms with Gasteiger partial charge < -0.3 is 20.0 Å². The maximum absolute atomic E-state index is 10.2. The van der Waals surface area contributed by atoms with Crippen LogP contribution in [0.5, 0.6) is 11.5 Å². The molecule has 2 aliphatic rings.